The first-order valence-electron chi connectivity index (χ1n) is 5.33. The highest BCUT2D eigenvalue weighted by molar-refractivity contribution is 7.50. The van der Waals surface area contributed by atoms with E-state index in [0.717, 1.165) is 0 Å². The van der Waals surface area contributed by atoms with Gasteiger partial charge in [0.15, 0.2) is 0 Å². The Hall–Kier alpha value is -1.58. The minimum Gasteiger partial charge on any atom is -0.324 e. The number of hydrogen-bond donors (Lipinski definition) is 3. The van der Waals surface area contributed by atoms with Crippen LogP contribution in [0, 0.1) is 0 Å². The molecule has 0 fully saturated rings. The smallest absolute Gasteiger partial charge is 0.324 e. The molecule has 1 rings (SSSR count). The van der Waals surface area contributed by atoms with Gasteiger partial charge >= 0.3 is 25.9 Å². The van der Waals surface area contributed by atoms with Crippen LogP contribution >= 0.6 is 7.60 Å². The standard InChI is InChI=1S/C10H8F6NO4P/c11-9(12,13)7-3-6(17-8(18)10(14,15)16)2-1-5(7)4-22(19,20)21/h1-3H,4H2,(H,17,18)(H2,19,20,21). The summed E-state index contributed by atoms with van der Waals surface area (Å²) in [5, 5.41) is 1.23. The second kappa shape index (κ2) is 5.90. The number of alkyl halides is 6. The average Bonchev–Trinajstić information content (AvgIpc) is 2.26. The van der Waals surface area contributed by atoms with Crippen LogP contribution in [0.5, 0.6) is 0 Å². The van der Waals surface area contributed by atoms with E-state index in [9.17, 15) is 35.7 Å². The van der Waals surface area contributed by atoms with E-state index in [0.29, 0.717) is 12.1 Å². The number of halogens is 6. The summed E-state index contributed by atoms with van der Waals surface area (Å²) in [6.07, 6.45) is -11.6. The zero-order valence-corrected chi connectivity index (χ0v) is 11.3. The van der Waals surface area contributed by atoms with Gasteiger partial charge in [-0.3, -0.25) is 9.36 Å². The van der Waals surface area contributed by atoms with Crippen molar-refractivity contribution in [3.63, 3.8) is 0 Å². The summed E-state index contributed by atoms with van der Waals surface area (Å²) in [4.78, 5) is 28.1. The molecule has 0 unspecified atom stereocenters. The first-order valence-corrected chi connectivity index (χ1v) is 7.13. The molecule has 0 aromatic heterocycles. The third-order valence-electron chi connectivity index (χ3n) is 2.31. The summed E-state index contributed by atoms with van der Waals surface area (Å²) in [6, 6.07) is 1.45. The van der Waals surface area contributed by atoms with Gasteiger partial charge in [0.05, 0.1) is 11.7 Å². The SMILES string of the molecule is O=C(Nc1ccc(CP(=O)(O)O)c(C(F)(F)F)c1)C(F)(F)F. The number of anilines is 1. The summed E-state index contributed by atoms with van der Waals surface area (Å²) < 4.78 is 85.2. The maximum atomic E-state index is 12.8. The van der Waals surface area contributed by atoms with Crippen LogP contribution in [0.2, 0.25) is 0 Å². The van der Waals surface area contributed by atoms with Gasteiger partial charge in [0.2, 0.25) is 0 Å². The summed E-state index contributed by atoms with van der Waals surface area (Å²) >= 11 is 0. The summed E-state index contributed by atoms with van der Waals surface area (Å²) in [7, 11) is -4.82. The quantitative estimate of drug-likeness (QED) is 0.577. The van der Waals surface area contributed by atoms with Crippen molar-refractivity contribution < 1.29 is 45.5 Å². The summed E-state index contributed by atoms with van der Waals surface area (Å²) in [5.41, 5.74) is -3.15. The normalized spacial score (nSPS) is 13.1. The Bertz CT molecular complexity index is 621. The van der Waals surface area contributed by atoms with Crippen LogP contribution in [0.25, 0.3) is 0 Å². The Morgan fingerprint density at radius 2 is 1.68 bits per heavy atom. The molecule has 0 spiro atoms. The van der Waals surface area contributed by atoms with Crippen LogP contribution in [0.4, 0.5) is 32.0 Å². The average molecular weight is 351 g/mol. The molecule has 0 atom stereocenters. The fraction of sp³-hybridized carbons (Fsp3) is 0.300. The van der Waals surface area contributed by atoms with Crippen LogP contribution in [0.1, 0.15) is 11.1 Å². The van der Waals surface area contributed by atoms with Gasteiger partial charge in [-0.05, 0) is 17.7 Å². The molecule has 0 radical (unpaired) electrons. The third kappa shape index (κ3) is 5.32. The van der Waals surface area contributed by atoms with Gasteiger partial charge in [-0.2, -0.15) is 26.3 Å². The molecule has 1 aromatic rings. The molecule has 0 aliphatic carbocycles. The Morgan fingerprint density at radius 3 is 2.09 bits per heavy atom. The number of carbonyl (C=O) groups is 1. The Kier molecular flexibility index (Phi) is 4.95. The lowest BCUT2D eigenvalue weighted by Crippen LogP contribution is -2.30. The van der Waals surface area contributed by atoms with Gasteiger partial charge in [-0.1, -0.05) is 6.07 Å². The van der Waals surface area contributed by atoms with Gasteiger partial charge in [0, 0.05) is 5.69 Å². The van der Waals surface area contributed by atoms with Crippen LogP contribution in [0.3, 0.4) is 0 Å². The molecule has 0 aliphatic rings. The van der Waals surface area contributed by atoms with Crippen molar-refractivity contribution in [1.82, 2.24) is 0 Å². The van der Waals surface area contributed by atoms with Crippen LogP contribution in [-0.2, 0) is 21.7 Å². The van der Waals surface area contributed by atoms with Crippen molar-refractivity contribution >= 4 is 19.2 Å². The topological polar surface area (TPSA) is 86.6 Å². The number of hydrogen-bond acceptors (Lipinski definition) is 2. The molecule has 12 heteroatoms. The molecular formula is C10H8F6NO4P. The minimum absolute atomic E-state index is 0.175. The monoisotopic (exact) mass is 351 g/mol. The molecule has 0 saturated heterocycles. The lowest BCUT2D eigenvalue weighted by Gasteiger charge is -2.16. The lowest BCUT2D eigenvalue weighted by atomic mass is 10.1. The van der Waals surface area contributed by atoms with E-state index >= 15 is 0 Å². The van der Waals surface area contributed by atoms with Crippen LogP contribution < -0.4 is 5.32 Å². The third-order valence-corrected chi connectivity index (χ3v) is 3.06. The molecule has 0 heterocycles. The van der Waals surface area contributed by atoms with Gasteiger partial charge in [0.25, 0.3) is 0 Å². The molecular weight excluding hydrogens is 343 g/mol. The first kappa shape index (κ1) is 18.5. The van der Waals surface area contributed by atoms with E-state index in [2.05, 4.69) is 0 Å². The van der Waals surface area contributed by atoms with Gasteiger partial charge in [-0.25, -0.2) is 0 Å². The van der Waals surface area contributed by atoms with E-state index < -0.39 is 48.8 Å². The predicted octanol–water partition coefficient (Wildman–Crippen LogP) is 2.88. The Labute approximate surface area is 119 Å². The second-order valence-electron chi connectivity index (χ2n) is 4.14. The van der Waals surface area contributed by atoms with E-state index in [1.165, 1.54) is 5.32 Å². The molecule has 124 valence electrons. The zero-order chi connectivity index (χ0) is 17.3. The van der Waals surface area contributed by atoms with Crippen molar-refractivity contribution in [1.29, 1.82) is 0 Å². The van der Waals surface area contributed by atoms with Crippen molar-refractivity contribution in [2.75, 3.05) is 5.32 Å². The highest BCUT2D eigenvalue weighted by Gasteiger charge is 2.39. The molecule has 5 nitrogen and oxygen atoms in total. The maximum Gasteiger partial charge on any atom is 0.471 e. The number of amides is 1. The summed E-state index contributed by atoms with van der Waals surface area (Å²) in [6.45, 7) is 0. The van der Waals surface area contributed by atoms with Gasteiger partial charge in [0.1, 0.15) is 0 Å². The Morgan fingerprint density at radius 1 is 1.14 bits per heavy atom. The molecule has 1 aromatic carbocycles. The predicted molar refractivity (Wildman–Crippen MR) is 61.9 cm³/mol. The summed E-state index contributed by atoms with van der Waals surface area (Å²) in [5.74, 6) is -2.47. The van der Waals surface area contributed by atoms with E-state index in [-0.39, 0.29) is 6.07 Å². The van der Waals surface area contributed by atoms with Crippen molar-refractivity contribution in [3.05, 3.63) is 29.3 Å². The fourth-order valence-electron chi connectivity index (χ4n) is 1.48. The highest BCUT2D eigenvalue weighted by atomic mass is 31.2. The molecule has 22 heavy (non-hydrogen) atoms. The van der Waals surface area contributed by atoms with Crippen molar-refractivity contribution in [2.24, 2.45) is 0 Å². The van der Waals surface area contributed by atoms with Crippen LogP contribution in [-0.4, -0.2) is 21.9 Å². The number of rotatable bonds is 3. The van der Waals surface area contributed by atoms with Gasteiger partial charge in [-0.15, -0.1) is 0 Å². The maximum absolute atomic E-state index is 12.8. The van der Waals surface area contributed by atoms with Crippen molar-refractivity contribution in [3.8, 4) is 0 Å². The van der Waals surface area contributed by atoms with Crippen molar-refractivity contribution in [2.45, 2.75) is 18.5 Å². The highest BCUT2D eigenvalue weighted by Crippen LogP contribution is 2.43. The first-order chi connectivity index (χ1) is 9.70. The molecule has 0 saturated carbocycles. The number of benzene rings is 1. The zero-order valence-electron chi connectivity index (χ0n) is 10.4. The molecule has 3 N–H and O–H groups in total. The largest absolute Gasteiger partial charge is 0.471 e. The second-order valence-corrected chi connectivity index (χ2v) is 5.79. The minimum atomic E-state index is -5.29. The molecule has 0 aliphatic heterocycles. The Balaban J connectivity index is 3.21. The van der Waals surface area contributed by atoms with E-state index in [1.807, 2.05) is 0 Å². The fourth-order valence-corrected chi connectivity index (χ4v) is 2.20. The van der Waals surface area contributed by atoms with Gasteiger partial charge < -0.3 is 15.1 Å². The number of nitrogens with one attached hydrogen (secondary N) is 1. The van der Waals surface area contributed by atoms with E-state index in [1.54, 1.807) is 0 Å². The molecule has 0 bridgehead atoms. The number of carbonyl (C=O) groups excluding carboxylic acids is 1. The lowest BCUT2D eigenvalue weighted by molar-refractivity contribution is -0.167. The van der Waals surface area contributed by atoms with Crippen LogP contribution in [0.15, 0.2) is 18.2 Å². The van der Waals surface area contributed by atoms with E-state index in [4.69, 9.17) is 9.79 Å². The molecule has 1 amide bonds.